The molecule has 0 radical (unpaired) electrons. The molecular formula is C16H17N5OS. The first kappa shape index (κ1) is 14.3. The summed E-state index contributed by atoms with van der Waals surface area (Å²) < 4.78 is 1.99. The molecule has 0 aromatic carbocycles. The van der Waals surface area contributed by atoms with E-state index >= 15 is 0 Å². The van der Waals surface area contributed by atoms with E-state index in [1.54, 1.807) is 12.4 Å². The van der Waals surface area contributed by atoms with Gasteiger partial charge in [0.05, 0.1) is 5.69 Å². The van der Waals surface area contributed by atoms with Gasteiger partial charge >= 0.3 is 0 Å². The van der Waals surface area contributed by atoms with Crippen LogP contribution in [0.3, 0.4) is 0 Å². The summed E-state index contributed by atoms with van der Waals surface area (Å²) in [5.41, 5.74) is 2.35. The Labute approximate surface area is 138 Å². The summed E-state index contributed by atoms with van der Waals surface area (Å²) in [5.74, 6) is 0.0146. The van der Waals surface area contributed by atoms with Crippen LogP contribution >= 0.6 is 11.3 Å². The Morgan fingerprint density at radius 1 is 1.17 bits per heavy atom. The van der Waals surface area contributed by atoms with Gasteiger partial charge in [-0.05, 0) is 19.2 Å². The average molecular weight is 327 g/mol. The molecule has 23 heavy (non-hydrogen) atoms. The first-order valence-electron chi connectivity index (χ1n) is 7.58. The number of carbonyl (C=O) groups is 1. The molecule has 3 aromatic rings. The summed E-state index contributed by atoms with van der Waals surface area (Å²) in [6.45, 7) is 3.30. The molecule has 3 aromatic heterocycles. The van der Waals surface area contributed by atoms with E-state index in [1.165, 1.54) is 11.3 Å². The average Bonchev–Trinajstić information content (AvgIpc) is 3.16. The number of amides is 1. The molecule has 0 bridgehead atoms. The minimum absolute atomic E-state index is 0.0146. The Morgan fingerprint density at radius 3 is 2.65 bits per heavy atom. The fraction of sp³-hybridized carbons (Fsp3) is 0.312. The van der Waals surface area contributed by atoms with E-state index in [0.717, 1.165) is 42.4 Å². The first-order chi connectivity index (χ1) is 11.2. The second kappa shape index (κ2) is 5.75. The van der Waals surface area contributed by atoms with Gasteiger partial charge in [-0.15, -0.1) is 11.3 Å². The van der Waals surface area contributed by atoms with E-state index in [4.69, 9.17) is 0 Å². The van der Waals surface area contributed by atoms with Crippen molar-refractivity contribution < 1.29 is 4.79 Å². The summed E-state index contributed by atoms with van der Waals surface area (Å²) in [6, 6.07) is 3.84. The normalized spacial score (nSPS) is 16.1. The van der Waals surface area contributed by atoms with Crippen LogP contribution in [-0.4, -0.2) is 63.3 Å². The maximum absolute atomic E-state index is 13.0. The van der Waals surface area contributed by atoms with Gasteiger partial charge in [0.15, 0.2) is 10.7 Å². The molecule has 0 spiro atoms. The molecule has 1 amide bonds. The number of hydrogen-bond donors (Lipinski definition) is 0. The van der Waals surface area contributed by atoms with Crippen molar-refractivity contribution in [3.05, 3.63) is 41.8 Å². The Kier molecular flexibility index (Phi) is 3.59. The molecule has 1 fully saturated rings. The Morgan fingerprint density at radius 2 is 1.91 bits per heavy atom. The molecule has 0 unspecified atom stereocenters. The van der Waals surface area contributed by atoms with Crippen LogP contribution in [0.1, 0.15) is 10.5 Å². The summed E-state index contributed by atoms with van der Waals surface area (Å²) in [4.78, 5) is 26.6. The van der Waals surface area contributed by atoms with Gasteiger partial charge in [0, 0.05) is 55.7 Å². The Bertz CT molecular complexity index is 833. The maximum atomic E-state index is 13.0. The highest BCUT2D eigenvalue weighted by Crippen LogP contribution is 2.28. The number of fused-ring (bicyclic) bond motifs is 1. The van der Waals surface area contributed by atoms with Gasteiger partial charge in [0.2, 0.25) is 0 Å². The fourth-order valence-electron chi connectivity index (χ4n) is 2.88. The van der Waals surface area contributed by atoms with Gasteiger partial charge in [-0.1, -0.05) is 0 Å². The molecule has 4 heterocycles. The molecule has 4 rings (SSSR count). The molecule has 0 saturated carbocycles. The van der Waals surface area contributed by atoms with Gasteiger partial charge in [-0.3, -0.25) is 14.2 Å². The number of imidazole rings is 1. The molecule has 7 heteroatoms. The van der Waals surface area contributed by atoms with E-state index in [0.29, 0.717) is 5.69 Å². The number of hydrogen-bond acceptors (Lipinski definition) is 5. The largest absolute Gasteiger partial charge is 0.335 e. The molecule has 0 N–H and O–H groups in total. The number of nitrogens with zero attached hydrogens (tertiary/aromatic N) is 5. The lowest BCUT2D eigenvalue weighted by atomic mass is 10.1. The number of aromatic nitrogens is 3. The zero-order chi connectivity index (χ0) is 15.8. The van der Waals surface area contributed by atoms with E-state index < -0.39 is 0 Å². The van der Waals surface area contributed by atoms with Crippen molar-refractivity contribution >= 4 is 22.2 Å². The highest BCUT2D eigenvalue weighted by molar-refractivity contribution is 7.15. The van der Waals surface area contributed by atoms with Gasteiger partial charge in [-0.2, -0.15) is 0 Å². The summed E-state index contributed by atoms with van der Waals surface area (Å²) >= 11 is 1.54. The van der Waals surface area contributed by atoms with Crippen molar-refractivity contribution in [3.63, 3.8) is 0 Å². The topological polar surface area (TPSA) is 53.7 Å². The van der Waals surface area contributed by atoms with Crippen molar-refractivity contribution in [3.8, 4) is 11.3 Å². The van der Waals surface area contributed by atoms with E-state index in [9.17, 15) is 4.79 Å². The lowest BCUT2D eigenvalue weighted by molar-refractivity contribution is 0.0660. The molecule has 1 aliphatic heterocycles. The zero-order valence-corrected chi connectivity index (χ0v) is 13.7. The molecule has 0 aliphatic carbocycles. The quantitative estimate of drug-likeness (QED) is 0.721. The smallest absolute Gasteiger partial charge is 0.274 e. The second-order valence-electron chi connectivity index (χ2n) is 5.70. The van der Waals surface area contributed by atoms with Crippen LogP contribution in [0.4, 0.5) is 0 Å². The van der Waals surface area contributed by atoms with Crippen molar-refractivity contribution in [2.24, 2.45) is 0 Å². The van der Waals surface area contributed by atoms with Crippen molar-refractivity contribution in [2.75, 3.05) is 33.2 Å². The summed E-state index contributed by atoms with van der Waals surface area (Å²) in [7, 11) is 2.08. The number of carbonyl (C=O) groups excluding carboxylic acids is 1. The predicted octanol–water partition coefficient (Wildman–Crippen LogP) is 1.85. The zero-order valence-electron chi connectivity index (χ0n) is 12.8. The van der Waals surface area contributed by atoms with Crippen LogP contribution in [0, 0.1) is 0 Å². The van der Waals surface area contributed by atoms with E-state index in [-0.39, 0.29) is 5.91 Å². The lowest BCUT2D eigenvalue weighted by Crippen LogP contribution is -2.47. The lowest BCUT2D eigenvalue weighted by Gasteiger charge is -2.32. The first-order valence-corrected chi connectivity index (χ1v) is 8.46. The highest BCUT2D eigenvalue weighted by Gasteiger charge is 2.27. The van der Waals surface area contributed by atoms with Gasteiger partial charge < -0.3 is 9.80 Å². The molecule has 6 nitrogen and oxygen atoms in total. The van der Waals surface area contributed by atoms with Crippen molar-refractivity contribution in [1.82, 2.24) is 24.2 Å². The monoisotopic (exact) mass is 327 g/mol. The van der Waals surface area contributed by atoms with Gasteiger partial charge in [-0.25, -0.2) is 4.98 Å². The number of rotatable bonds is 2. The van der Waals surface area contributed by atoms with Crippen molar-refractivity contribution in [2.45, 2.75) is 0 Å². The molecule has 0 atom stereocenters. The summed E-state index contributed by atoms with van der Waals surface area (Å²) in [5, 5.41) is 1.98. The third-order valence-corrected chi connectivity index (χ3v) is 4.97. The number of piperazine rings is 1. The molecule has 118 valence electrons. The third kappa shape index (κ3) is 2.51. The van der Waals surface area contributed by atoms with Crippen LogP contribution < -0.4 is 0 Å². The molecule has 1 aliphatic rings. The predicted molar refractivity (Wildman–Crippen MR) is 89.7 cm³/mol. The highest BCUT2D eigenvalue weighted by atomic mass is 32.1. The molecular weight excluding hydrogens is 310 g/mol. The second-order valence-corrected chi connectivity index (χ2v) is 6.57. The minimum atomic E-state index is 0.0146. The number of likely N-dealkylation sites (N-methyl/N-ethyl adjacent to an activating group) is 1. The Hall–Kier alpha value is -2.25. The minimum Gasteiger partial charge on any atom is -0.335 e. The fourth-order valence-corrected chi connectivity index (χ4v) is 3.59. The Balaban J connectivity index is 1.78. The van der Waals surface area contributed by atoms with E-state index in [1.807, 2.05) is 33.0 Å². The standard InChI is InChI=1S/C16H17N5OS/c1-19-6-8-20(9-7-19)15(22)13-14(12-2-4-17-5-3-12)21-10-11-23-16(21)18-13/h2-5,10-11H,6-9H2,1H3. The number of pyridine rings is 1. The van der Waals surface area contributed by atoms with Crippen LogP contribution in [0.25, 0.3) is 16.2 Å². The van der Waals surface area contributed by atoms with Gasteiger partial charge in [0.25, 0.3) is 5.91 Å². The van der Waals surface area contributed by atoms with Crippen molar-refractivity contribution in [1.29, 1.82) is 0 Å². The third-order valence-electron chi connectivity index (χ3n) is 4.21. The van der Waals surface area contributed by atoms with Crippen LogP contribution in [0.5, 0.6) is 0 Å². The number of thiazole rings is 1. The van der Waals surface area contributed by atoms with Crippen LogP contribution in [0.2, 0.25) is 0 Å². The van der Waals surface area contributed by atoms with Crippen LogP contribution in [-0.2, 0) is 0 Å². The van der Waals surface area contributed by atoms with Crippen LogP contribution in [0.15, 0.2) is 36.1 Å². The van der Waals surface area contributed by atoms with E-state index in [2.05, 4.69) is 21.9 Å². The molecule has 1 saturated heterocycles. The SMILES string of the molecule is CN1CCN(C(=O)c2nc3sccn3c2-c2ccncc2)CC1. The van der Waals surface area contributed by atoms with Gasteiger partial charge in [0.1, 0.15) is 0 Å². The summed E-state index contributed by atoms with van der Waals surface area (Å²) in [6.07, 6.45) is 5.44. The maximum Gasteiger partial charge on any atom is 0.274 e.